The number of hydrogen-bond donors (Lipinski definition) is 1. The Bertz CT molecular complexity index is 1040. The van der Waals surface area contributed by atoms with E-state index in [1.807, 2.05) is 52.9 Å². The Balaban J connectivity index is 1.57. The van der Waals surface area contributed by atoms with Crippen LogP contribution in [0.1, 0.15) is 44.3 Å². The minimum Gasteiger partial charge on any atom is -0.272 e. The van der Waals surface area contributed by atoms with Gasteiger partial charge in [0.25, 0.3) is 5.91 Å². The number of benzene rings is 1. The van der Waals surface area contributed by atoms with Crippen molar-refractivity contribution in [2.45, 2.75) is 38.6 Å². The zero-order chi connectivity index (χ0) is 21.0. The summed E-state index contributed by atoms with van der Waals surface area (Å²) in [5.74, 6) is 0.486. The molecule has 0 aliphatic rings. The summed E-state index contributed by atoms with van der Waals surface area (Å²) in [5, 5.41) is 9.16. The molecule has 0 radical (unpaired) electrons. The van der Waals surface area contributed by atoms with Crippen LogP contribution in [0, 0.1) is 27.7 Å². The second-order valence-electron chi connectivity index (χ2n) is 6.83. The van der Waals surface area contributed by atoms with E-state index in [1.54, 1.807) is 34.8 Å². The predicted molar refractivity (Wildman–Crippen MR) is 115 cm³/mol. The number of thioether (sulfide) groups is 1. The van der Waals surface area contributed by atoms with E-state index in [4.69, 9.17) is 0 Å². The van der Waals surface area contributed by atoms with Gasteiger partial charge in [0.1, 0.15) is 0 Å². The monoisotopic (exact) mass is 408 g/mol. The van der Waals surface area contributed by atoms with Crippen molar-refractivity contribution in [1.82, 2.24) is 25.2 Å². The van der Waals surface area contributed by atoms with Gasteiger partial charge in [0.05, 0.1) is 11.9 Å². The van der Waals surface area contributed by atoms with E-state index in [0.29, 0.717) is 5.56 Å². The molecule has 8 heteroatoms. The van der Waals surface area contributed by atoms with E-state index >= 15 is 0 Å². The number of hydrogen-bond acceptors (Lipinski definition) is 6. The highest BCUT2D eigenvalue weighted by atomic mass is 32.2. The van der Waals surface area contributed by atoms with Crippen molar-refractivity contribution in [3.8, 4) is 0 Å². The van der Waals surface area contributed by atoms with Gasteiger partial charge in [-0.25, -0.2) is 15.4 Å². The Morgan fingerprint density at radius 1 is 1.14 bits per heavy atom. The van der Waals surface area contributed by atoms with Gasteiger partial charge >= 0.3 is 0 Å². The Kier molecular flexibility index (Phi) is 6.43. The van der Waals surface area contributed by atoms with Crippen molar-refractivity contribution >= 4 is 23.9 Å². The zero-order valence-electron chi connectivity index (χ0n) is 17.2. The lowest BCUT2D eigenvalue weighted by Gasteiger charge is -2.05. The third kappa shape index (κ3) is 5.29. The van der Waals surface area contributed by atoms with Gasteiger partial charge in [-0.05, 0) is 51.5 Å². The number of nitrogens with one attached hydrogen (secondary N) is 1. The molecule has 3 aromatic rings. The second-order valence-corrected chi connectivity index (χ2v) is 7.77. The van der Waals surface area contributed by atoms with Crippen LogP contribution in [-0.4, -0.2) is 31.9 Å². The number of carbonyl (C=O) groups excluding carboxylic acids is 1. The maximum Gasteiger partial charge on any atom is 0.271 e. The van der Waals surface area contributed by atoms with Crippen LogP contribution in [0.3, 0.4) is 0 Å². The van der Waals surface area contributed by atoms with E-state index in [0.717, 1.165) is 44.8 Å². The Morgan fingerprint density at radius 2 is 1.79 bits per heavy atom. The summed E-state index contributed by atoms with van der Waals surface area (Å²) in [4.78, 5) is 21.2. The molecule has 1 N–H and O–H groups in total. The van der Waals surface area contributed by atoms with Crippen LogP contribution in [0.4, 0.5) is 0 Å². The first-order chi connectivity index (χ1) is 13.8. The number of aryl methyl sites for hydroxylation is 4. The maximum atomic E-state index is 12.3. The summed E-state index contributed by atoms with van der Waals surface area (Å²) in [6.45, 7) is 7.80. The van der Waals surface area contributed by atoms with Gasteiger partial charge < -0.3 is 0 Å². The largest absolute Gasteiger partial charge is 0.272 e. The SMILES string of the molecule is Cc1cc(C)nc(SCc2ccc(C(=O)N/N=C\c3c(C)nn(C)c3C)cc2)n1. The fourth-order valence-electron chi connectivity index (χ4n) is 2.86. The Labute approximate surface area is 174 Å². The highest BCUT2D eigenvalue weighted by molar-refractivity contribution is 7.98. The first kappa shape index (κ1) is 20.7. The molecule has 2 heterocycles. The number of rotatable bonds is 6. The molecule has 0 spiro atoms. The molecular weight excluding hydrogens is 384 g/mol. The fourth-order valence-corrected chi connectivity index (χ4v) is 3.76. The van der Waals surface area contributed by atoms with E-state index in [1.165, 1.54) is 0 Å². The highest BCUT2D eigenvalue weighted by Gasteiger charge is 2.08. The molecular formula is C21H24N6OS. The average Bonchev–Trinajstić information content (AvgIpc) is 2.92. The molecule has 0 atom stereocenters. The lowest BCUT2D eigenvalue weighted by Crippen LogP contribution is -2.17. The second kappa shape index (κ2) is 9.00. The van der Waals surface area contributed by atoms with Crippen LogP contribution >= 0.6 is 11.8 Å². The molecule has 0 saturated heterocycles. The van der Waals surface area contributed by atoms with Crippen LogP contribution in [0.2, 0.25) is 0 Å². The van der Waals surface area contributed by atoms with E-state index < -0.39 is 0 Å². The molecule has 0 saturated carbocycles. The molecule has 1 aromatic carbocycles. The summed E-state index contributed by atoms with van der Waals surface area (Å²) in [6, 6.07) is 9.41. The molecule has 0 aliphatic carbocycles. The molecule has 2 aromatic heterocycles. The number of nitrogens with zero attached hydrogens (tertiary/aromatic N) is 5. The number of aromatic nitrogens is 4. The number of hydrazone groups is 1. The summed E-state index contributed by atoms with van der Waals surface area (Å²) in [5.41, 5.74) is 8.92. The van der Waals surface area contributed by atoms with Crippen molar-refractivity contribution < 1.29 is 4.79 Å². The van der Waals surface area contributed by atoms with Crippen molar-refractivity contribution in [2.75, 3.05) is 0 Å². The van der Waals surface area contributed by atoms with Crippen LogP contribution < -0.4 is 5.43 Å². The molecule has 0 fully saturated rings. The maximum absolute atomic E-state index is 12.3. The zero-order valence-corrected chi connectivity index (χ0v) is 18.0. The average molecular weight is 409 g/mol. The van der Waals surface area contributed by atoms with Crippen molar-refractivity contribution in [2.24, 2.45) is 12.1 Å². The smallest absolute Gasteiger partial charge is 0.271 e. The van der Waals surface area contributed by atoms with Crippen molar-refractivity contribution in [3.05, 3.63) is 69.8 Å². The van der Waals surface area contributed by atoms with Gasteiger partial charge in [-0.15, -0.1) is 0 Å². The van der Waals surface area contributed by atoms with Gasteiger partial charge in [0.15, 0.2) is 5.16 Å². The minimum absolute atomic E-state index is 0.253. The summed E-state index contributed by atoms with van der Waals surface area (Å²) in [6.07, 6.45) is 1.63. The normalized spacial score (nSPS) is 11.2. The molecule has 150 valence electrons. The van der Waals surface area contributed by atoms with Crippen LogP contribution in [-0.2, 0) is 12.8 Å². The van der Waals surface area contributed by atoms with Crippen LogP contribution in [0.25, 0.3) is 0 Å². The third-order valence-electron chi connectivity index (χ3n) is 4.47. The molecule has 29 heavy (non-hydrogen) atoms. The molecule has 7 nitrogen and oxygen atoms in total. The first-order valence-electron chi connectivity index (χ1n) is 9.21. The van der Waals surface area contributed by atoms with Gasteiger partial charge in [-0.2, -0.15) is 10.2 Å². The van der Waals surface area contributed by atoms with E-state index in [2.05, 4.69) is 25.6 Å². The third-order valence-corrected chi connectivity index (χ3v) is 5.39. The Hall–Kier alpha value is -3.00. The van der Waals surface area contributed by atoms with Gasteiger partial charge in [-0.1, -0.05) is 23.9 Å². The van der Waals surface area contributed by atoms with Gasteiger partial charge in [0, 0.05) is 41.0 Å². The molecule has 0 unspecified atom stereocenters. The highest BCUT2D eigenvalue weighted by Crippen LogP contribution is 2.20. The van der Waals surface area contributed by atoms with Crippen LogP contribution in [0.5, 0.6) is 0 Å². The summed E-state index contributed by atoms with van der Waals surface area (Å²) in [7, 11) is 1.88. The minimum atomic E-state index is -0.253. The molecule has 0 aliphatic heterocycles. The fraction of sp³-hybridized carbons (Fsp3) is 0.286. The Morgan fingerprint density at radius 3 is 2.38 bits per heavy atom. The number of amides is 1. The number of carbonyl (C=O) groups is 1. The molecule has 0 bridgehead atoms. The van der Waals surface area contributed by atoms with Crippen molar-refractivity contribution in [3.63, 3.8) is 0 Å². The van der Waals surface area contributed by atoms with Gasteiger partial charge in [0.2, 0.25) is 0 Å². The topological polar surface area (TPSA) is 85.1 Å². The molecule has 1 amide bonds. The molecule has 3 rings (SSSR count). The predicted octanol–water partition coefficient (Wildman–Crippen LogP) is 3.50. The van der Waals surface area contributed by atoms with E-state index in [9.17, 15) is 4.79 Å². The summed E-state index contributed by atoms with van der Waals surface area (Å²) < 4.78 is 1.79. The summed E-state index contributed by atoms with van der Waals surface area (Å²) >= 11 is 1.58. The van der Waals surface area contributed by atoms with E-state index in [-0.39, 0.29) is 5.91 Å². The lowest BCUT2D eigenvalue weighted by atomic mass is 10.1. The van der Waals surface area contributed by atoms with Crippen LogP contribution in [0.15, 0.2) is 40.6 Å². The standard InChI is InChI=1S/C21H24N6OS/c1-13-10-14(2)24-21(23-13)29-12-17-6-8-18(9-7-17)20(28)25-22-11-19-15(3)26-27(5)16(19)4/h6-11H,12H2,1-5H3,(H,25,28)/b22-11-. The first-order valence-corrected chi connectivity index (χ1v) is 10.2. The van der Waals surface area contributed by atoms with Gasteiger partial charge in [-0.3, -0.25) is 9.48 Å². The lowest BCUT2D eigenvalue weighted by molar-refractivity contribution is 0.0955. The quantitative estimate of drug-likeness (QED) is 0.292. The van der Waals surface area contributed by atoms with Crippen molar-refractivity contribution in [1.29, 1.82) is 0 Å².